The third-order valence-corrected chi connectivity index (χ3v) is 6.08. The van der Waals surface area contributed by atoms with Crippen molar-refractivity contribution in [3.05, 3.63) is 88.2 Å². The van der Waals surface area contributed by atoms with Crippen LogP contribution in [0, 0.1) is 6.92 Å². The van der Waals surface area contributed by atoms with Gasteiger partial charge >= 0.3 is 0 Å². The molecule has 0 spiro atoms. The molecule has 5 rings (SSSR count). The Balaban J connectivity index is 1.52. The molecule has 30 heavy (non-hydrogen) atoms. The van der Waals surface area contributed by atoms with Crippen molar-refractivity contribution in [1.29, 1.82) is 0 Å². The number of fused-ring (bicyclic) bond motifs is 2. The van der Waals surface area contributed by atoms with E-state index in [2.05, 4.69) is 35.2 Å². The molecule has 0 aliphatic carbocycles. The summed E-state index contributed by atoms with van der Waals surface area (Å²) in [7, 11) is 1.69. The third kappa shape index (κ3) is 3.29. The van der Waals surface area contributed by atoms with Gasteiger partial charge in [-0.1, -0.05) is 54.2 Å². The molecular formula is C24H19N3O2S. The van der Waals surface area contributed by atoms with Crippen LogP contribution >= 0.6 is 11.8 Å². The number of hydrogen-bond acceptors (Lipinski definition) is 5. The standard InChI is InChI=1S/C24H19N3O2S/c1-15-11-12-16(22-18-7-3-4-8-19(18)23(28)27(2)26-22)13-17(15)14-30-24-25-20-9-5-6-10-21(20)29-24/h3-13H,14H2,1-2H3. The molecule has 0 amide bonds. The van der Waals surface area contributed by atoms with E-state index in [1.54, 1.807) is 18.8 Å². The van der Waals surface area contributed by atoms with Gasteiger partial charge in [-0.25, -0.2) is 9.67 Å². The van der Waals surface area contributed by atoms with Gasteiger partial charge in [-0.3, -0.25) is 4.79 Å². The summed E-state index contributed by atoms with van der Waals surface area (Å²) < 4.78 is 7.24. The van der Waals surface area contributed by atoms with Crippen molar-refractivity contribution < 1.29 is 4.42 Å². The highest BCUT2D eigenvalue weighted by Crippen LogP contribution is 2.31. The molecule has 0 saturated heterocycles. The first-order valence-electron chi connectivity index (χ1n) is 9.64. The van der Waals surface area contributed by atoms with Gasteiger partial charge in [0.15, 0.2) is 5.58 Å². The minimum Gasteiger partial charge on any atom is -0.431 e. The van der Waals surface area contributed by atoms with Crippen LogP contribution in [0.4, 0.5) is 0 Å². The number of rotatable bonds is 4. The van der Waals surface area contributed by atoms with Crippen molar-refractivity contribution in [2.24, 2.45) is 7.05 Å². The Kier molecular flexibility index (Phi) is 4.64. The molecule has 148 valence electrons. The molecule has 2 aromatic heterocycles. The Hall–Kier alpha value is -3.38. The zero-order valence-corrected chi connectivity index (χ0v) is 17.4. The lowest BCUT2D eigenvalue weighted by molar-refractivity contribution is 0.489. The Bertz CT molecular complexity index is 1420. The predicted molar refractivity (Wildman–Crippen MR) is 121 cm³/mol. The number of aryl methyl sites for hydroxylation is 2. The molecule has 0 atom stereocenters. The van der Waals surface area contributed by atoms with Crippen LogP contribution in [0.3, 0.4) is 0 Å². The van der Waals surface area contributed by atoms with Gasteiger partial charge in [-0.2, -0.15) is 5.10 Å². The van der Waals surface area contributed by atoms with Gasteiger partial charge in [0, 0.05) is 23.8 Å². The second-order valence-corrected chi connectivity index (χ2v) is 8.13. The van der Waals surface area contributed by atoms with E-state index < -0.39 is 0 Å². The van der Waals surface area contributed by atoms with E-state index in [0.29, 0.717) is 10.6 Å². The van der Waals surface area contributed by atoms with Crippen LogP contribution in [0.2, 0.25) is 0 Å². The maximum atomic E-state index is 12.4. The molecule has 0 saturated carbocycles. The highest BCUT2D eigenvalue weighted by Gasteiger charge is 2.13. The molecule has 6 heteroatoms. The lowest BCUT2D eigenvalue weighted by Gasteiger charge is -2.11. The number of para-hydroxylation sites is 2. The first-order valence-corrected chi connectivity index (χ1v) is 10.6. The monoisotopic (exact) mass is 413 g/mol. The van der Waals surface area contributed by atoms with E-state index in [1.165, 1.54) is 15.8 Å². The summed E-state index contributed by atoms with van der Waals surface area (Å²) in [5, 5.41) is 6.75. The quantitative estimate of drug-likeness (QED) is 0.372. The van der Waals surface area contributed by atoms with Gasteiger partial charge in [0.2, 0.25) is 0 Å². The van der Waals surface area contributed by atoms with Gasteiger partial charge in [0.05, 0.1) is 11.1 Å². The molecule has 0 aliphatic heterocycles. The second kappa shape index (κ2) is 7.46. The lowest BCUT2D eigenvalue weighted by atomic mass is 10.0. The smallest absolute Gasteiger partial charge is 0.274 e. The maximum Gasteiger partial charge on any atom is 0.274 e. The first kappa shape index (κ1) is 18.6. The molecule has 0 radical (unpaired) electrons. The zero-order chi connectivity index (χ0) is 20.7. The molecule has 0 fully saturated rings. The zero-order valence-electron chi connectivity index (χ0n) is 16.6. The van der Waals surface area contributed by atoms with Crippen molar-refractivity contribution in [1.82, 2.24) is 14.8 Å². The summed E-state index contributed by atoms with van der Waals surface area (Å²) in [6.45, 7) is 2.10. The number of benzene rings is 3. The van der Waals surface area contributed by atoms with Crippen LogP contribution in [0.25, 0.3) is 33.1 Å². The third-order valence-electron chi connectivity index (χ3n) is 5.20. The van der Waals surface area contributed by atoms with Gasteiger partial charge < -0.3 is 4.42 Å². The van der Waals surface area contributed by atoms with Crippen LogP contribution in [0.5, 0.6) is 0 Å². The van der Waals surface area contributed by atoms with E-state index >= 15 is 0 Å². The minimum absolute atomic E-state index is 0.0896. The largest absolute Gasteiger partial charge is 0.431 e. The van der Waals surface area contributed by atoms with Gasteiger partial charge in [0.1, 0.15) is 5.52 Å². The van der Waals surface area contributed by atoms with Crippen LogP contribution in [0.1, 0.15) is 11.1 Å². The lowest BCUT2D eigenvalue weighted by Crippen LogP contribution is -2.20. The fourth-order valence-corrected chi connectivity index (χ4v) is 4.44. The summed E-state index contributed by atoms with van der Waals surface area (Å²) in [5.41, 5.74) is 5.74. The van der Waals surface area contributed by atoms with Crippen molar-refractivity contribution in [3.8, 4) is 11.3 Å². The predicted octanol–water partition coefficient (Wildman–Crippen LogP) is 5.34. The van der Waals surface area contributed by atoms with Crippen LogP contribution < -0.4 is 5.56 Å². The summed E-state index contributed by atoms with van der Waals surface area (Å²) in [6.07, 6.45) is 0. The van der Waals surface area contributed by atoms with Crippen LogP contribution in [-0.4, -0.2) is 14.8 Å². The molecule has 5 nitrogen and oxygen atoms in total. The highest BCUT2D eigenvalue weighted by atomic mass is 32.2. The van der Waals surface area contributed by atoms with E-state index in [1.807, 2.05) is 48.5 Å². The number of oxazole rings is 1. The number of hydrogen-bond donors (Lipinski definition) is 0. The number of aromatic nitrogens is 3. The van der Waals surface area contributed by atoms with Crippen LogP contribution in [0.15, 0.2) is 81.2 Å². The molecule has 0 N–H and O–H groups in total. The molecule has 0 unspecified atom stereocenters. The van der Waals surface area contributed by atoms with E-state index in [-0.39, 0.29) is 5.56 Å². The molecule has 0 aliphatic rings. The van der Waals surface area contributed by atoms with Crippen LogP contribution in [-0.2, 0) is 12.8 Å². The Morgan fingerprint density at radius 3 is 2.60 bits per heavy atom. The Morgan fingerprint density at radius 2 is 1.77 bits per heavy atom. The summed E-state index contributed by atoms with van der Waals surface area (Å²) in [6, 6.07) is 21.7. The van der Waals surface area contributed by atoms with E-state index in [4.69, 9.17) is 4.42 Å². The van der Waals surface area contributed by atoms with Crippen molar-refractivity contribution >= 4 is 33.6 Å². The fraction of sp³-hybridized carbons (Fsp3) is 0.125. The Labute approximate surface area is 177 Å². The molecule has 5 aromatic rings. The average molecular weight is 414 g/mol. The van der Waals surface area contributed by atoms with E-state index in [0.717, 1.165) is 33.5 Å². The Morgan fingerprint density at radius 1 is 1.00 bits per heavy atom. The van der Waals surface area contributed by atoms with Crippen molar-refractivity contribution in [2.45, 2.75) is 17.9 Å². The normalized spacial score (nSPS) is 11.4. The molecule has 0 bridgehead atoms. The van der Waals surface area contributed by atoms with Crippen molar-refractivity contribution in [2.75, 3.05) is 0 Å². The van der Waals surface area contributed by atoms with Crippen molar-refractivity contribution in [3.63, 3.8) is 0 Å². The highest BCUT2D eigenvalue weighted by molar-refractivity contribution is 7.98. The number of nitrogens with zero attached hydrogens (tertiary/aromatic N) is 3. The minimum atomic E-state index is -0.0896. The first-order chi connectivity index (χ1) is 14.6. The fourth-order valence-electron chi connectivity index (χ4n) is 3.54. The van der Waals surface area contributed by atoms with Gasteiger partial charge in [-0.15, -0.1) is 0 Å². The topological polar surface area (TPSA) is 60.9 Å². The van der Waals surface area contributed by atoms with Gasteiger partial charge in [0.25, 0.3) is 10.8 Å². The van der Waals surface area contributed by atoms with Gasteiger partial charge in [-0.05, 0) is 42.3 Å². The summed E-state index contributed by atoms with van der Waals surface area (Å²) >= 11 is 1.57. The molecule has 2 heterocycles. The molecular weight excluding hydrogens is 394 g/mol. The maximum absolute atomic E-state index is 12.4. The SMILES string of the molecule is Cc1ccc(-c2nn(C)c(=O)c3ccccc23)cc1CSc1nc2ccccc2o1. The molecule has 3 aromatic carbocycles. The number of thioether (sulfide) groups is 1. The average Bonchev–Trinajstić information content (AvgIpc) is 3.19. The summed E-state index contributed by atoms with van der Waals surface area (Å²) in [5.74, 6) is 0.732. The summed E-state index contributed by atoms with van der Waals surface area (Å²) in [4.78, 5) is 17.0. The van der Waals surface area contributed by atoms with E-state index in [9.17, 15) is 4.79 Å². The second-order valence-electron chi connectivity index (χ2n) is 7.20.